The Labute approximate surface area is 160 Å². The maximum Gasteiger partial charge on any atom is 0.432 e. The zero-order valence-electron chi connectivity index (χ0n) is 15.2. The van der Waals surface area contributed by atoms with Crippen molar-refractivity contribution in [1.29, 1.82) is 0 Å². The first-order chi connectivity index (χ1) is 12.9. The van der Waals surface area contributed by atoms with Gasteiger partial charge in [-0.05, 0) is 12.8 Å². The predicted molar refractivity (Wildman–Crippen MR) is 96.3 cm³/mol. The minimum Gasteiger partial charge on any atom is -0.452 e. The lowest BCUT2D eigenvalue weighted by atomic mass is 9.92. The van der Waals surface area contributed by atoms with Gasteiger partial charge in [-0.25, -0.2) is 9.78 Å². The Morgan fingerprint density at radius 3 is 2.44 bits per heavy atom. The summed E-state index contributed by atoms with van der Waals surface area (Å²) in [4.78, 5) is 16.9. The fourth-order valence-electron chi connectivity index (χ4n) is 2.81. The molecule has 148 valence electrons. The Morgan fingerprint density at radius 1 is 1.22 bits per heavy atom. The zero-order chi connectivity index (χ0) is 19.9. The highest BCUT2D eigenvalue weighted by atomic mass is 32.1. The fraction of sp³-hybridized carbons (Fsp3) is 0.474. The van der Waals surface area contributed by atoms with Crippen LogP contribution in [0.15, 0.2) is 41.9 Å². The van der Waals surface area contributed by atoms with Crippen molar-refractivity contribution >= 4 is 17.3 Å². The second kappa shape index (κ2) is 9.32. The maximum atomic E-state index is 14.0. The van der Waals surface area contributed by atoms with Crippen molar-refractivity contribution in [3.63, 3.8) is 0 Å². The van der Waals surface area contributed by atoms with Crippen LogP contribution < -0.4 is 0 Å². The second-order valence-corrected chi connectivity index (χ2v) is 6.94. The summed E-state index contributed by atoms with van der Waals surface area (Å²) in [6.07, 6.45) is -1.36. The van der Waals surface area contributed by atoms with E-state index in [0.717, 1.165) is 20.0 Å². The van der Waals surface area contributed by atoms with E-state index in [4.69, 9.17) is 9.47 Å². The van der Waals surface area contributed by atoms with E-state index < -0.39 is 23.9 Å². The topological polar surface area (TPSA) is 48.4 Å². The van der Waals surface area contributed by atoms with Gasteiger partial charge in [-0.15, -0.1) is 11.3 Å². The van der Waals surface area contributed by atoms with Gasteiger partial charge in [-0.1, -0.05) is 50.1 Å². The number of benzene rings is 1. The molecule has 0 radical (unpaired) electrons. The van der Waals surface area contributed by atoms with E-state index >= 15 is 0 Å². The van der Waals surface area contributed by atoms with Gasteiger partial charge in [0, 0.05) is 24.3 Å². The minimum absolute atomic E-state index is 0.323. The first kappa shape index (κ1) is 21.4. The summed E-state index contributed by atoms with van der Waals surface area (Å²) >= 11 is 1.24. The Balaban J connectivity index is 2.36. The molecular formula is C19H22F3NO3S. The Morgan fingerprint density at radius 2 is 1.93 bits per heavy atom. The van der Waals surface area contributed by atoms with Crippen molar-refractivity contribution < 1.29 is 27.4 Å². The number of methoxy groups -OCH3 is 1. The summed E-state index contributed by atoms with van der Waals surface area (Å²) < 4.78 is 52.0. The number of halogens is 3. The zero-order valence-corrected chi connectivity index (χ0v) is 16.0. The first-order valence-electron chi connectivity index (χ1n) is 8.64. The van der Waals surface area contributed by atoms with E-state index in [9.17, 15) is 18.0 Å². The van der Waals surface area contributed by atoms with E-state index in [2.05, 4.69) is 4.98 Å². The average molecular weight is 401 g/mol. The fourth-order valence-corrected chi connectivity index (χ4v) is 3.51. The van der Waals surface area contributed by atoms with Gasteiger partial charge < -0.3 is 9.47 Å². The van der Waals surface area contributed by atoms with Gasteiger partial charge in [0.1, 0.15) is 5.01 Å². The molecular weight excluding hydrogens is 379 g/mol. The Bertz CT molecular complexity index is 707. The Hall–Kier alpha value is -1.93. The van der Waals surface area contributed by atoms with Gasteiger partial charge in [0.05, 0.1) is 0 Å². The number of unbranched alkanes of at least 4 members (excludes halogenated alkanes) is 2. The lowest BCUT2D eigenvalue weighted by molar-refractivity contribution is -0.278. The quantitative estimate of drug-likeness (QED) is 0.416. The van der Waals surface area contributed by atoms with Gasteiger partial charge in [-0.3, -0.25) is 0 Å². The number of hydrogen-bond acceptors (Lipinski definition) is 5. The molecule has 0 unspecified atom stereocenters. The monoisotopic (exact) mass is 401 g/mol. The molecule has 0 aliphatic rings. The van der Waals surface area contributed by atoms with Crippen LogP contribution in [0.25, 0.3) is 0 Å². The highest BCUT2D eigenvalue weighted by Gasteiger charge is 2.64. The highest BCUT2D eigenvalue weighted by molar-refractivity contribution is 7.09. The largest absolute Gasteiger partial charge is 0.452 e. The molecule has 4 nitrogen and oxygen atoms in total. The minimum atomic E-state index is -4.99. The summed E-state index contributed by atoms with van der Waals surface area (Å²) in [6.45, 7) is 2.01. The van der Waals surface area contributed by atoms with Crippen molar-refractivity contribution in [2.75, 3.05) is 7.11 Å². The SMILES string of the molecule is CCCCC[C@H](OC(=O)[C@](OC)(c1ccccc1)C(F)(F)F)c1nccs1. The van der Waals surface area contributed by atoms with Crippen LogP contribution >= 0.6 is 11.3 Å². The normalized spacial score (nSPS) is 15.1. The number of carbonyl (C=O) groups is 1. The molecule has 2 rings (SSSR count). The lowest BCUT2D eigenvalue weighted by Gasteiger charge is -2.33. The molecule has 2 atom stereocenters. The molecule has 27 heavy (non-hydrogen) atoms. The molecule has 0 bridgehead atoms. The molecule has 0 aliphatic heterocycles. The maximum absolute atomic E-state index is 14.0. The van der Waals surface area contributed by atoms with Gasteiger partial charge in [-0.2, -0.15) is 13.2 Å². The van der Waals surface area contributed by atoms with Gasteiger partial charge >= 0.3 is 12.1 Å². The van der Waals surface area contributed by atoms with E-state index in [1.165, 1.54) is 41.8 Å². The summed E-state index contributed by atoms with van der Waals surface area (Å²) in [6, 6.07) is 6.81. The molecule has 2 aromatic rings. The third kappa shape index (κ3) is 4.68. The van der Waals surface area contributed by atoms with Crippen LogP contribution in [0, 0.1) is 0 Å². The first-order valence-corrected chi connectivity index (χ1v) is 9.52. The van der Waals surface area contributed by atoms with Crippen LogP contribution in [0.1, 0.15) is 49.3 Å². The smallest absolute Gasteiger partial charge is 0.432 e. The standard InChI is InChI=1S/C19H22F3NO3S/c1-3-4-6-11-15(16-23-12-13-27-16)26-17(24)18(25-2,19(20,21)22)14-9-7-5-8-10-14/h5,7-10,12-13,15H,3-4,6,11H2,1-2H3/t15-,18+/m0/s1. The lowest BCUT2D eigenvalue weighted by Crippen LogP contribution is -2.52. The number of esters is 1. The van der Waals surface area contributed by atoms with Crippen molar-refractivity contribution in [2.45, 2.75) is 50.5 Å². The van der Waals surface area contributed by atoms with Crippen molar-refractivity contribution in [3.05, 3.63) is 52.5 Å². The van der Waals surface area contributed by atoms with E-state index in [1.54, 1.807) is 11.4 Å². The summed E-state index contributed by atoms with van der Waals surface area (Å²) in [7, 11) is 0.858. The molecule has 8 heteroatoms. The van der Waals surface area contributed by atoms with Gasteiger partial charge in [0.2, 0.25) is 0 Å². The molecule has 0 N–H and O–H groups in total. The van der Waals surface area contributed by atoms with Gasteiger partial charge in [0.15, 0.2) is 6.10 Å². The second-order valence-electron chi connectivity index (χ2n) is 6.01. The number of alkyl halides is 3. The summed E-state index contributed by atoms with van der Waals surface area (Å²) in [5, 5.41) is 2.17. The van der Waals surface area contributed by atoms with Crippen LogP contribution in [0.3, 0.4) is 0 Å². The molecule has 0 saturated carbocycles. The number of thiazole rings is 1. The van der Waals surface area contributed by atoms with Crippen LogP contribution in [0.2, 0.25) is 0 Å². The number of rotatable bonds is 9. The Kier molecular flexibility index (Phi) is 7.38. The molecule has 0 amide bonds. The third-order valence-electron chi connectivity index (χ3n) is 4.22. The van der Waals surface area contributed by atoms with E-state index in [1.807, 2.05) is 6.92 Å². The number of carbonyl (C=O) groups excluding carboxylic acids is 1. The molecule has 1 aromatic carbocycles. The van der Waals surface area contributed by atoms with E-state index in [-0.39, 0.29) is 5.56 Å². The number of ether oxygens (including phenoxy) is 2. The molecule has 0 aliphatic carbocycles. The summed E-state index contributed by atoms with van der Waals surface area (Å²) in [5.41, 5.74) is -3.51. The number of aromatic nitrogens is 1. The van der Waals surface area contributed by atoms with Gasteiger partial charge in [0.25, 0.3) is 5.60 Å². The molecule has 1 aromatic heterocycles. The third-order valence-corrected chi connectivity index (χ3v) is 5.09. The van der Waals surface area contributed by atoms with Crippen LogP contribution in [0.4, 0.5) is 13.2 Å². The average Bonchev–Trinajstić information content (AvgIpc) is 3.16. The predicted octanol–water partition coefficient (Wildman–Crippen LogP) is 5.41. The van der Waals surface area contributed by atoms with Crippen LogP contribution in [-0.2, 0) is 19.9 Å². The van der Waals surface area contributed by atoms with Crippen LogP contribution in [0.5, 0.6) is 0 Å². The molecule has 0 saturated heterocycles. The van der Waals surface area contributed by atoms with Crippen molar-refractivity contribution in [2.24, 2.45) is 0 Å². The van der Waals surface area contributed by atoms with Crippen LogP contribution in [-0.4, -0.2) is 24.2 Å². The van der Waals surface area contributed by atoms with Crippen molar-refractivity contribution in [3.8, 4) is 0 Å². The highest BCUT2D eigenvalue weighted by Crippen LogP contribution is 2.44. The molecule has 1 heterocycles. The van der Waals surface area contributed by atoms with Crippen molar-refractivity contribution in [1.82, 2.24) is 4.98 Å². The van der Waals surface area contributed by atoms with E-state index in [0.29, 0.717) is 17.8 Å². The molecule has 0 fully saturated rings. The summed E-state index contributed by atoms with van der Waals surface area (Å²) in [5.74, 6) is -1.49. The number of hydrogen-bond donors (Lipinski definition) is 0. The number of nitrogens with zero attached hydrogens (tertiary/aromatic N) is 1. The molecule has 0 spiro atoms.